The maximum atomic E-state index is 12.2. The smallest absolute Gasteiger partial charge is 0.289 e. The molecule has 0 bridgehead atoms. The van der Waals surface area contributed by atoms with Crippen molar-refractivity contribution in [1.82, 2.24) is 20.4 Å². The molecule has 1 aliphatic heterocycles. The molecular formula is C15H18N4O4. The summed E-state index contributed by atoms with van der Waals surface area (Å²) >= 11 is 0. The molecule has 0 aliphatic carbocycles. The summed E-state index contributed by atoms with van der Waals surface area (Å²) in [6.45, 7) is 3.03. The van der Waals surface area contributed by atoms with Crippen molar-refractivity contribution in [2.45, 2.75) is 26.3 Å². The second-order valence-electron chi connectivity index (χ2n) is 5.50. The maximum Gasteiger partial charge on any atom is 0.289 e. The lowest BCUT2D eigenvalue weighted by molar-refractivity contribution is -0.126. The zero-order valence-corrected chi connectivity index (χ0v) is 12.8. The van der Waals surface area contributed by atoms with Gasteiger partial charge in [0.1, 0.15) is 0 Å². The molecule has 3 heterocycles. The van der Waals surface area contributed by atoms with Crippen molar-refractivity contribution in [3.8, 4) is 0 Å². The Morgan fingerprint density at radius 2 is 2.17 bits per heavy atom. The van der Waals surface area contributed by atoms with Gasteiger partial charge in [-0.05, 0) is 31.9 Å². The van der Waals surface area contributed by atoms with Crippen molar-refractivity contribution < 1.29 is 18.5 Å². The Morgan fingerprint density at radius 1 is 1.39 bits per heavy atom. The van der Waals surface area contributed by atoms with Gasteiger partial charge in [0.15, 0.2) is 11.6 Å². The van der Waals surface area contributed by atoms with E-state index in [-0.39, 0.29) is 24.3 Å². The fourth-order valence-electron chi connectivity index (χ4n) is 2.62. The monoisotopic (exact) mass is 318 g/mol. The van der Waals surface area contributed by atoms with Gasteiger partial charge in [-0.2, -0.15) is 4.98 Å². The van der Waals surface area contributed by atoms with Crippen LogP contribution in [0.1, 0.15) is 35.1 Å². The number of likely N-dealkylation sites (tertiary alicyclic amines) is 1. The third kappa shape index (κ3) is 3.58. The summed E-state index contributed by atoms with van der Waals surface area (Å²) in [6, 6.07) is 3.33. The minimum Gasteiger partial charge on any atom is -0.459 e. The first-order chi connectivity index (χ1) is 11.1. The molecule has 1 N–H and O–H groups in total. The number of rotatable bonds is 4. The number of aromatic nitrogens is 2. The van der Waals surface area contributed by atoms with Crippen molar-refractivity contribution in [3.05, 3.63) is 35.9 Å². The molecule has 8 nitrogen and oxygen atoms in total. The predicted octanol–water partition coefficient (Wildman–Crippen LogP) is 1.14. The first kappa shape index (κ1) is 15.3. The lowest BCUT2D eigenvalue weighted by atomic mass is 9.95. The number of carbonyl (C=O) groups excluding carboxylic acids is 2. The van der Waals surface area contributed by atoms with Crippen LogP contribution in [0.2, 0.25) is 0 Å². The van der Waals surface area contributed by atoms with Crippen molar-refractivity contribution >= 4 is 11.8 Å². The topological polar surface area (TPSA) is 101 Å². The Balaban J connectivity index is 1.46. The van der Waals surface area contributed by atoms with Gasteiger partial charge < -0.3 is 19.2 Å². The summed E-state index contributed by atoms with van der Waals surface area (Å²) < 4.78 is 10.1. The second-order valence-corrected chi connectivity index (χ2v) is 5.50. The molecule has 2 aromatic heterocycles. The number of nitrogens with zero attached hydrogens (tertiary/aromatic N) is 3. The Hall–Kier alpha value is -2.64. The van der Waals surface area contributed by atoms with Crippen LogP contribution in [-0.2, 0) is 11.3 Å². The molecule has 1 fully saturated rings. The van der Waals surface area contributed by atoms with Crippen LogP contribution in [0.3, 0.4) is 0 Å². The highest BCUT2D eigenvalue weighted by Gasteiger charge is 2.28. The van der Waals surface area contributed by atoms with Crippen LogP contribution < -0.4 is 5.32 Å². The standard InChI is InChI=1S/C15H18N4O4/c1-10-17-13(23-18-10)9-16-14(20)11-4-6-19(7-5-11)15(21)12-3-2-8-22-12/h2-3,8,11H,4-7,9H2,1H3,(H,16,20). The lowest BCUT2D eigenvalue weighted by Crippen LogP contribution is -2.42. The predicted molar refractivity (Wildman–Crippen MR) is 78.2 cm³/mol. The molecule has 2 amide bonds. The average Bonchev–Trinajstić information content (AvgIpc) is 3.24. The summed E-state index contributed by atoms with van der Waals surface area (Å²) in [7, 11) is 0. The molecule has 1 aliphatic rings. The van der Waals surface area contributed by atoms with E-state index in [1.165, 1.54) is 6.26 Å². The van der Waals surface area contributed by atoms with E-state index in [2.05, 4.69) is 15.5 Å². The maximum absolute atomic E-state index is 12.2. The van der Waals surface area contributed by atoms with Gasteiger partial charge in [-0.1, -0.05) is 5.16 Å². The molecule has 23 heavy (non-hydrogen) atoms. The zero-order valence-electron chi connectivity index (χ0n) is 12.8. The Kier molecular flexibility index (Phi) is 4.40. The van der Waals surface area contributed by atoms with Gasteiger partial charge >= 0.3 is 0 Å². The molecule has 0 spiro atoms. The number of piperidine rings is 1. The van der Waals surface area contributed by atoms with Crippen molar-refractivity contribution in [2.75, 3.05) is 13.1 Å². The molecule has 122 valence electrons. The fraction of sp³-hybridized carbons (Fsp3) is 0.467. The summed E-state index contributed by atoms with van der Waals surface area (Å²) in [5.74, 6) is 0.973. The summed E-state index contributed by atoms with van der Waals surface area (Å²) in [4.78, 5) is 30.1. The minimum absolute atomic E-state index is 0.0500. The SMILES string of the molecule is Cc1noc(CNC(=O)C2CCN(C(=O)c3ccco3)CC2)n1. The molecule has 2 aromatic rings. The van der Waals surface area contributed by atoms with Crippen molar-refractivity contribution in [3.63, 3.8) is 0 Å². The Labute approximate surface area is 132 Å². The molecule has 0 radical (unpaired) electrons. The van der Waals surface area contributed by atoms with E-state index in [4.69, 9.17) is 8.94 Å². The van der Waals surface area contributed by atoms with E-state index in [1.54, 1.807) is 24.0 Å². The average molecular weight is 318 g/mol. The second kappa shape index (κ2) is 6.64. The van der Waals surface area contributed by atoms with Crippen LogP contribution in [0.25, 0.3) is 0 Å². The third-order valence-corrected chi connectivity index (χ3v) is 3.87. The highest BCUT2D eigenvalue weighted by molar-refractivity contribution is 5.91. The van der Waals surface area contributed by atoms with Crippen molar-refractivity contribution in [1.29, 1.82) is 0 Å². The van der Waals surface area contributed by atoms with Gasteiger partial charge in [0.05, 0.1) is 12.8 Å². The van der Waals surface area contributed by atoms with E-state index >= 15 is 0 Å². The lowest BCUT2D eigenvalue weighted by Gasteiger charge is -2.30. The number of amides is 2. The van der Waals surface area contributed by atoms with E-state index in [0.717, 1.165) is 0 Å². The van der Waals surface area contributed by atoms with Crippen LogP contribution >= 0.6 is 0 Å². The number of hydrogen-bond donors (Lipinski definition) is 1. The van der Waals surface area contributed by atoms with Gasteiger partial charge in [-0.15, -0.1) is 0 Å². The van der Waals surface area contributed by atoms with Gasteiger partial charge in [0.2, 0.25) is 11.8 Å². The number of nitrogens with one attached hydrogen (secondary N) is 1. The normalized spacial score (nSPS) is 15.6. The number of furan rings is 1. The van der Waals surface area contributed by atoms with Crippen molar-refractivity contribution in [2.24, 2.45) is 5.92 Å². The largest absolute Gasteiger partial charge is 0.459 e. The van der Waals surface area contributed by atoms with Gasteiger partial charge in [-0.3, -0.25) is 9.59 Å². The van der Waals surface area contributed by atoms with Crippen LogP contribution in [0.5, 0.6) is 0 Å². The number of aryl methyl sites for hydroxylation is 1. The first-order valence-corrected chi connectivity index (χ1v) is 7.53. The van der Waals surface area contributed by atoms with E-state index < -0.39 is 0 Å². The highest BCUT2D eigenvalue weighted by atomic mass is 16.5. The van der Waals surface area contributed by atoms with Gasteiger partial charge in [0.25, 0.3) is 5.91 Å². The van der Waals surface area contributed by atoms with Gasteiger partial charge in [0, 0.05) is 19.0 Å². The van der Waals surface area contributed by atoms with Crippen LogP contribution in [0, 0.1) is 12.8 Å². The number of hydrogen-bond acceptors (Lipinski definition) is 6. The Morgan fingerprint density at radius 3 is 2.78 bits per heavy atom. The first-order valence-electron chi connectivity index (χ1n) is 7.53. The third-order valence-electron chi connectivity index (χ3n) is 3.87. The molecule has 1 saturated heterocycles. The minimum atomic E-state index is -0.129. The molecule has 0 atom stereocenters. The van der Waals surface area contributed by atoms with E-state index in [9.17, 15) is 9.59 Å². The number of carbonyl (C=O) groups is 2. The molecule has 0 aromatic carbocycles. The Bertz CT molecular complexity index is 671. The summed E-state index contributed by atoms with van der Waals surface area (Å²) in [5, 5.41) is 6.47. The highest BCUT2D eigenvalue weighted by Crippen LogP contribution is 2.19. The summed E-state index contributed by atoms with van der Waals surface area (Å²) in [5.41, 5.74) is 0. The van der Waals surface area contributed by atoms with Crippen LogP contribution in [-0.4, -0.2) is 39.9 Å². The quantitative estimate of drug-likeness (QED) is 0.907. The molecular weight excluding hydrogens is 300 g/mol. The van der Waals surface area contributed by atoms with E-state index in [0.29, 0.717) is 43.4 Å². The van der Waals surface area contributed by atoms with Gasteiger partial charge in [-0.25, -0.2) is 0 Å². The molecule has 8 heteroatoms. The summed E-state index contributed by atoms with van der Waals surface area (Å²) in [6.07, 6.45) is 2.73. The molecule has 0 saturated carbocycles. The van der Waals surface area contributed by atoms with Crippen LogP contribution in [0.4, 0.5) is 0 Å². The van der Waals surface area contributed by atoms with E-state index in [1.807, 2.05) is 0 Å². The van der Waals surface area contributed by atoms with Crippen LogP contribution in [0.15, 0.2) is 27.3 Å². The zero-order chi connectivity index (χ0) is 16.2. The molecule has 3 rings (SSSR count). The molecule has 0 unspecified atom stereocenters. The fourth-order valence-corrected chi connectivity index (χ4v) is 2.62.